The van der Waals surface area contributed by atoms with E-state index >= 15 is 0 Å². The van der Waals surface area contributed by atoms with Crippen molar-refractivity contribution in [3.05, 3.63) is 53.8 Å². The van der Waals surface area contributed by atoms with E-state index in [1.807, 2.05) is 56.2 Å². The molecule has 3 N–H and O–H groups in total. The highest BCUT2D eigenvalue weighted by Gasteiger charge is 2.19. The molecule has 35 heavy (non-hydrogen) atoms. The van der Waals surface area contributed by atoms with Crippen LogP contribution in [0.2, 0.25) is 0 Å². The first-order valence-electron chi connectivity index (χ1n) is 12.3. The van der Waals surface area contributed by atoms with E-state index in [4.69, 9.17) is 15.2 Å². The Balaban J connectivity index is 1.34. The summed E-state index contributed by atoms with van der Waals surface area (Å²) < 4.78 is 13.1. The number of anilines is 2. The van der Waals surface area contributed by atoms with Crippen LogP contribution in [0.25, 0.3) is 5.69 Å². The van der Waals surface area contributed by atoms with Gasteiger partial charge in [-0.3, -0.25) is 4.90 Å². The van der Waals surface area contributed by atoms with Gasteiger partial charge in [-0.15, -0.1) is 5.10 Å². The number of carbonyl (C=O) groups excluding carboxylic acids is 1. The quantitative estimate of drug-likeness (QED) is 0.527. The standard InChI is InChI=1S/C26H34N6O3/c1-19(2)35-22-9-7-21(8-10-22)32-25(27)29-26(30-32)28-24-12-11-23(17-20(24)18-33)34-16-15-31-13-5-3-4-6-14-31/h7-12,17,19,24H,3-6,13-16H2,1-2H3,(H3,27,28,29,30). The van der Waals surface area contributed by atoms with Gasteiger partial charge in [0.05, 0.1) is 23.4 Å². The highest BCUT2D eigenvalue weighted by Crippen LogP contribution is 2.22. The zero-order valence-electron chi connectivity index (χ0n) is 20.4. The number of hydrogen-bond acceptors (Lipinski definition) is 8. The normalized spacial score (nSPS) is 18.7. The van der Waals surface area contributed by atoms with E-state index in [1.54, 1.807) is 6.08 Å². The number of nitrogen functional groups attached to an aromatic ring is 1. The molecule has 1 atom stereocenters. The molecule has 0 radical (unpaired) electrons. The van der Waals surface area contributed by atoms with E-state index in [2.05, 4.69) is 20.3 Å². The molecule has 0 saturated carbocycles. The number of nitrogens with zero attached hydrogens (tertiary/aromatic N) is 4. The topological polar surface area (TPSA) is 108 Å². The first-order valence-corrected chi connectivity index (χ1v) is 12.3. The van der Waals surface area contributed by atoms with Crippen molar-refractivity contribution in [2.24, 2.45) is 0 Å². The zero-order valence-corrected chi connectivity index (χ0v) is 20.4. The van der Waals surface area contributed by atoms with Gasteiger partial charge in [0.25, 0.3) is 0 Å². The zero-order chi connectivity index (χ0) is 24.6. The van der Waals surface area contributed by atoms with Crippen LogP contribution >= 0.6 is 0 Å². The number of ether oxygens (including phenoxy) is 2. The van der Waals surface area contributed by atoms with Gasteiger partial charge in [0.15, 0.2) is 0 Å². The molecule has 0 spiro atoms. The van der Waals surface area contributed by atoms with E-state index < -0.39 is 6.04 Å². The van der Waals surface area contributed by atoms with E-state index in [9.17, 15) is 4.79 Å². The van der Waals surface area contributed by atoms with Crippen LogP contribution in [-0.2, 0) is 9.53 Å². The molecule has 1 aliphatic carbocycles. The Bertz CT molecular complexity index is 1090. The Morgan fingerprint density at radius 1 is 1.17 bits per heavy atom. The van der Waals surface area contributed by atoms with Gasteiger partial charge in [-0.05, 0) is 76.2 Å². The fraction of sp³-hybridized carbons (Fsp3) is 0.462. The largest absolute Gasteiger partial charge is 0.492 e. The van der Waals surface area contributed by atoms with Crippen molar-refractivity contribution in [1.29, 1.82) is 0 Å². The van der Waals surface area contributed by atoms with E-state index in [0.717, 1.165) is 31.1 Å². The fourth-order valence-electron chi connectivity index (χ4n) is 4.20. The summed E-state index contributed by atoms with van der Waals surface area (Å²) in [6.45, 7) is 7.68. The minimum absolute atomic E-state index is 0.0935. The summed E-state index contributed by atoms with van der Waals surface area (Å²) in [6.07, 6.45) is 10.6. The Morgan fingerprint density at radius 3 is 2.60 bits per heavy atom. The second-order valence-electron chi connectivity index (χ2n) is 9.06. The van der Waals surface area contributed by atoms with Crippen LogP contribution in [0.15, 0.2) is 53.8 Å². The summed E-state index contributed by atoms with van der Waals surface area (Å²) in [6, 6.07) is 7.02. The molecule has 4 rings (SSSR count). The van der Waals surface area contributed by atoms with Crippen LogP contribution in [0, 0.1) is 0 Å². The molecule has 1 saturated heterocycles. The molecule has 9 nitrogen and oxygen atoms in total. The lowest BCUT2D eigenvalue weighted by atomic mass is 10.0. The van der Waals surface area contributed by atoms with Crippen molar-refractivity contribution < 1.29 is 14.3 Å². The van der Waals surface area contributed by atoms with Crippen LogP contribution < -0.4 is 15.8 Å². The number of nitrogens with one attached hydrogen (secondary N) is 1. The number of nitrogens with two attached hydrogens (primary N) is 1. The average Bonchev–Trinajstić information content (AvgIpc) is 3.03. The molecule has 0 amide bonds. The molecule has 1 aromatic carbocycles. The van der Waals surface area contributed by atoms with Gasteiger partial charge < -0.3 is 20.5 Å². The Morgan fingerprint density at radius 2 is 1.91 bits per heavy atom. The van der Waals surface area contributed by atoms with Gasteiger partial charge in [0.1, 0.15) is 24.1 Å². The molecular formula is C26H34N6O3. The highest BCUT2D eigenvalue weighted by molar-refractivity contribution is 5.65. The lowest BCUT2D eigenvalue weighted by molar-refractivity contribution is 0.166. The Hall–Kier alpha value is -3.55. The third kappa shape index (κ3) is 6.74. The van der Waals surface area contributed by atoms with Crippen molar-refractivity contribution in [2.45, 2.75) is 51.7 Å². The van der Waals surface area contributed by atoms with Gasteiger partial charge in [-0.1, -0.05) is 18.9 Å². The van der Waals surface area contributed by atoms with Crippen LogP contribution in [-0.4, -0.2) is 64.0 Å². The maximum absolute atomic E-state index is 11.6. The minimum atomic E-state index is -0.428. The number of rotatable bonds is 9. The number of allylic oxidation sites excluding steroid dienone is 1. The van der Waals surface area contributed by atoms with Crippen LogP contribution in [0.4, 0.5) is 11.9 Å². The van der Waals surface area contributed by atoms with Crippen LogP contribution in [0.3, 0.4) is 0 Å². The Labute approximate surface area is 206 Å². The second-order valence-corrected chi connectivity index (χ2v) is 9.06. The number of benzene rings is 1. The predicted molar refractivity (Wildman–Crippen MR) is 136 cm³/mol. The molecule has 1 aliphatic heterocycles. The maximum Gasteiger partial charge on any atom is 0.245 e. The SMILES string of the molecule is CC(C)Oc1ccc(-n2nc(NC3C=CC(OCCN4CCCCCC4)=CC3=C=O)nc2N)cc1. The van der Waals surface area contributed by atoms with Gasteiger partial charge in [0.2, 0.25) is 11.9 Å². The molecule has 1 fully saturated rings. The summed E-state index contributed by atoms with van der Waals surface area (Å²) in [4.78, 5) is 18.4. The first kappa shape index (κ1) is 24.6. The van der Waals surface area contributed by atoms with Crippen molar-refractivity contribution in [2.75, 3.05) is 37.3 Å². The molecule has 2 heterocycles. The van der Waals surface area contributed by atoms with Crippen molar-refractivity contribution in [1.82, 2.24) is 19.7 Å². The van der Waals surface area contributed by atoms with Gasteiger partial charge in [-0.25, -0.2) is 4.79 Å². The van der Waals surface area contributed by atoms with E-state index in [0.29, 0.717) is 23.9 Å². The number of likely N-dealkylation sites (tertiary alicyclic amines) is 1. The fourth-order valence-corrected chi connectivity index (χ4v) is 4.20. The van der Waals surface area contributed by atoms with Gasteiger partial charge >= 0.3 is 0 Å². The smallest absolute Gasteiger partial charge is 0.245 e. The molecule has 2 aromatic rings. The van der Waals surface area contributed by atoms with E-state index in [-0.39, 0.29) is 12.1 Å². The highest BCUT2D eigenvalue weighted by atomic mass is 16.5. The molecule has 9 heteroatoms. The second kappa shape index (κ2) is 11.7. The van der Waals surface area contributed by atoms with E-state index in [1.165, 1.54) is 30.4 Å². The molecule has 1 unspecified atom stereocenters. The van der Waals surface area contributed by atoms with Crippen molar-refractivity contribution in [3.8, 4) is 11.4 Å². The van der Waals surface area contributed by atoms with Crippen LogP contribution in [0.1, 0.15) is 39.5 Å². The minimum Gasteiger partial charge on any atom is -0.492 e. The first-order chi connectivity index (χ1) is 17.0. The summed E-state index contributed by atoms with van der Waals surface area (Å²) in [5, 5.41) is 7.60. The molecule has 0 bridgehead atoms. The van der Waals surface area contributed by atoms with Crippen molar-refractivity contribution >= 4 is 17.8 Å². The molecular weight excluding hydrogens is 444 g/mol. The monoisotopic (exact) mass is 478 g/mol. The number of aromatic nitrogens is 3. The van der Waals surface area contributed by atoms with Crippen LogP contribution in [0.5, 0.6) is 5.75 Å². The lowest BCUT2D eigenvalue weighted by Crippen LogP contribution is -2.28. The maximum atomic E-state index is 11.6. The third-order valence-corrected chi connectivity index (χ3v) is 5.95. The number of hydrogen-bond donors (Lipinski definition) is 2. The average molecular weight is 479 g/mol. The summed E-state index contributed by atoms with van der Waals surface area (Å²) >= 11 is 0. The summed E-state index contributed by atoms with van der Waals surface area (Å²) in [5.41, 5.74) is 7.27. The molecule has 186 valence electrons. The lowest BCUT2D eigenvalue weighted by Gasteiger charge is -2.21. The molecule has 1 aromatic heterocycles. The summed E-state index contributed by atoms with van der Waals surface area (Å²) in [7, 11) is 0. The molecule has 2 aliphatic rings. The van der Waals surface area contributed by atoms with Gasteiger partial charge in [0, 0.05) is 6.54 Å². The predicted octanol–water partition coefficient (Wildman–Crippen LogP) is 3.52. The third-order valence-electron chi connectivity index (χ3n) is 5.95. The summed E-state index contributed by atoms with van der Waals surface area (Å²) in [5.74, 6) is 3.97. The Kier molecular flexibility index (Phi) is 8.23. The van der Waals surface area contributed by atoms with Crippen molar-refractivity contribution in [3.63, 3.8) is 0 Å². The van der Waals surface area contributed by atoms with Gasteiger partial charge in [-0.2, -0.15) is 9.67 Å².